The van der Waals surface area contributed by atoms with Crippen LogP contribution in [0.2, 0.25) is 0 Å². The van der Waals surface area contributed by atoms with Gasteiger partial charge < -0.3 is 4.74 Å². The average Bonchev–Trinajstić information content (AvgIpc) is 2.39. The Morgan fingerprint density at radius 2 is 1.68 bits per heavy atom. The van der Waals surface area contributed by atoms with Crippen molar-refractivity contribution in [1.29, 1.82) is 0 Å². The topological polar surface area (TPSA) is 26.3 Å². The monoisotopic (exact) mass is 266 g/mol. The Morgan fingerprint density at radius 1 is 1.05 bits per heavy atom. The van der Waals surface area contributed by atoms with E-state index in [1.807, 2.05) is 0 Å². The van der Waals surface area contributed by atoms with Crippen molar-refractivity contribution in [2.75, 3.05) is 7.11 Å². The van der Waals surface area contributed by atoms with Crippen LogP contribution in [0.1, 0.15) is 72.1 Å². The molecule has 2 heteroatoms. The van der Waals surface area contributed by atoms with Gasteiger partial charge in [-0.2, -0.15) is 0 Å². The van der Waals surface area contributed by atoms with Crippen molar-refractivity contribution in [1.82, 2.24) is 0 Å². The molecule has 0 bridgehead atoms. The highest BCUT2D eigenvalue weighted by Gasteiger charge is 2.57. The fourth-order valence-corrected chi connectivity index (χ4v) is 4.73. The molecule has 0 heterocycles. The van der Waals surface area contributed by atoms with Gasteiger partial charge in [-0.15, -0.1) is 0 Å². The molecule has 2 nitrogen and oxygen atoms in total. The van der Waals surface area contributed by atoms with E-state index in [-0.39, 0.29) is 11.3 Å². The van der Waals surface area contributed by atoms with Crippen molar-refractivity contribution in [2.24, 2.45) is 17.3 Å². The molecule has 2 aliphatic carbocycles. The summed E-state index contributed by atoms with van der Waals surface area (Å²) in [6.45, 7) is 6.67. The Labute approximate surface area is 118 Å². The number of carbonyl (C=O) groups is 1. The predicted molar refractivity (Wildman–Crippen MR) is 78.1 cm³/mol. The molecule has 0 saturated heterocycles. The molecular weight excluding hydrogens is 236 g/mol. The molecule has 0 N–H and O–H groups in total. The Kier molecular flexibility index (Phi) is 4.39. The minimum absolute atomic E-state index is 0.0338. The molecule has 2 rings (SSSR count). The maximum atomic E-state index is 13.2. The van der Waals surface area contributed by atoms with Crippen molar-refractivity contribution in [3.8, 4) is 0 Å². The van der Waals surface area contributed by atoms with E-state index in [9.17, 15) is 4.79 Å². The van der Waals surface area contributed by atoms with E-state index < -0.39 is 5.60 Å². The van der Waals surface area contributed by atoms with Gasteiger partial charge in [0, 0.05) is 18.4 Å². The third-order valence-corrected chi connectivity index (χ3v) is 5.80. The van der Waals surface area contributed by atoms with Crippen molar-refractivity contribution >= 4 is 5.78 Å². The normalized spacial score (nSPS) is 36.1. The molecule has 2 atom stereocenters. The van der Waals surface area contributed by atoms with E-state index in [2.05, 4.69) is 20.8 Å². The van der Waals surface area contributed by atoms with Crippen molar-refractivity contribution < 1.29 is 9.53 Å². The van der Waals surface area contributed by atoms with Crippen LogP contribution in [0.5, 0.6) is 0 Å². The number of hydrogen-bond acceptors (Lipinski definition) is 2. The fourth-order valence-electron chi connectivity index (χ4n) is 4.73. The predicted octanol–water partition coefficient (Wildman–Crippen LogP) is 4.37. The highest BCUT2D eigenvalue weighted by molar-refractivity contribution is 5.91. The number of carbonyl (C=O) groups excluding carboxylic acids is 1. The zero-order valence-corrected chi connectivity index (χ0v) is 13.1. The Balaban J connectivity index is 2.30. The molecule has 0 amide bonds. The smallest absolute Gasteiger partial charge is 0.168 e. The maximum absolute atomic E-state index is 13.2. The van der Waals surface area contributed by atoms with E-state index in [1.165, 1.54) is 25.7 Å². The van der Waals surface area contributed by atoms with Crippen molar-refractivity contribution in [3.63, 3.8) is 0 Å². The molecule has 2 unspecified atom stereocenters. The van der Waals surface area contributed by atoms with Gasteiger partial charge in [-0.25, -0.2) is 0 Å². The van der Waals surface area contributed by atoms with Gasteiger partial charge in [0.1, 0.15) is 5.60 Å². The van der Waals surface area contributed by atoms with Crippen LogP contribution in [0.3, 0.4) is 0 Å². The van der Waals surface area contributed by atoms with Crippen LogP contribution in [0.25, 0.3) is 0 Å². The molecule has 0 aromatic heterocycles. The first-order chi connectivity index (χ1) is 8.95. The summed E-state index contributed by atoms with van der Waals surface area (Å²) in [5.41, 5.74) is -0.582. The largest absolute Gasteiger partial charge is 0.370 e. The summed E-state index contributed by atoms with van der Waals surface area (Å²) in [7, 11) is 1.75. The summed E-state index contributed by atoms with van der Waals surface area (Å²) in [5.74, 6) is 0.996. The van der Waals surface area contributed by atoms with Crippen LogP contribution in [-0.2, 0) is 9.53 Å². The Hall–Kier alpha value is -0.370. The van der Waals surface area contributed by atoms with Crippen LogP contribution in [-0.4, -0.2) is 18.5 Å². The van der Waals surface area contributed by atoms with E-state index >= 15 is 0 Å². The molecule has 0 radical (unpaired) electrons. The second kappa shape index (κ2) is 5.55. The lowest BCUT2D eigenvalue weighted by atomic mass is 9.56. The summed E-state index contributed by atoms with van der Waals surface area (Å²) in [4.78, 5) is 13.2. The zero-order valence-electron chi connectivity index (χ0n) is 13.1. The SMILES string of the molecule is COC1(C(=O)C2CCCCC2)C(C)CCCC1(C)C. The molecule has 0 aromatic rings. The van der Waals surface area contributed by atoms with E-state index in [0.29, 0.717) is 11.7 Å². The summed E-state index contributed by atoms with van der Waals surface area (Å²) in [6, 6.07) is 0. The van der Waals surface area contributed by atoms with Gasteiger partial charge in [0.15, 0.2) is 5.78 Å². The lowest BCUT2D eigenvalue weighted by Gasteiger charge is -2.53. The first kappa shape index (κ1) is 15.0. The van der Waals surface area contributed by atoms with Gasteiger partial charge in [0.25, 0.3) is 0 Å². The molecule has 19 heavy (non-hydrogen) atoms. The van der Waals surface area contributed by atoms with Crippen molar-refractivity contribution in [2.45, 2.75) is 77.7 Å². The minimum Gasteiger partial charge on any atom is -0.370 e. The maximum Gasteiger partial charge on any atom is 0.168 e. The highest BCUT2D eigenvalue weighted by atomic mass is 16.5. The fraction of sp³-hybridized carbons (Fsp3) is 0.941. The van der Waals surface area contributed by atoms with Crippen molar-refractivity contribution in [3.05, 3.63) is 0 Å². The van der Waals surface area contributed by atoms with E-state index in [0.717, 1.165) is 25.7 Å². The van der Waals surface area contributed by atoms with Gasteiger partial charge in [-0.05, 0) is 31.6 Å². The molecule has 0 aliphatic heterocycles. The van der Waals surface area contributed by atoms with Gasteiger partial charge in [-0.3, -0.25) is 4.79 Å². The molecule has 2 aliphatic rings. The average molecular weight is 266 g/mol. The third-order valence-electron chi connectivity index (χ3n) is 5.80. The number of methoxy groups -OCH3 is 1. The van der Waals surface area contributed by atoms with Gasteiger partial charge in [-0.1, -0.05) is 46.5 Å². The third kappa shape index (κ3) is 2.37. The van der Waals surface area contributed by atoms with Crippen LogP contribution >= 0.6 is 0 Å². The Morgan fingerprint density at radius 3 is 2.21 bits per heavy atom. The molecule has 0 spiro atoms. The molecule has 2 fully saturated rings. The van der Waals surface area contributed by atoms with Crippen LogP contribution in [0.4, 0.5) is 0 Å². The second-order valence-corrected chi connectivity index (χ2v) is 7.32. The standard InChI is InChI=1S/C17H30O2/c1-13-9-8-12-16(2,3)17(13,19-4)15(18)14-10-6-5-7-11-14/h13-14H,5-12H2,1-4H3. The number of ether oxygens (including phenoxy) is 1. The van der Waals surface area contributed by atoms with Crippen LogP contribution in [0, 0.1) is 17.3 Å². The second-order valence-electron chi connectivity index (χ2n) is 7.32. The number of rotatable bonds is 3. The molecule has 0 aromatic carbocycles. The Bertz CT molecular complexity index is 328. The first-order valence-corrected chi connectivity index (χ1v) is 8.05. The number of ketones is 1. The van der Waals surface area contributed by atoms with E-state index in [4.69, 9.17) is 4.74 Å². The lowest BCUT2D eigenvalue weighted by Crippen LogP contribution is -2.61. The first-order valence-electron chi connectivity index (χ1n) is 8.05. The summed E-state index contributed by atoms with van der Waals surface area (Å²) in [6.07, 6.45) is 9.31. The van der Waals surface area contributed by atoms with Gasteiger partial charge in [0.05, 0.1) is 0 Å². The molecule has 2 saturated carbocycles. The van der Waals surface area contributed by atoms with Crippen LogP contribution in [0.15, 0.2) is 0 Å². The zero-order chi connectivity index (χ0) is 14.1. The van der Waals surface area contributed by atoms with E-state index in [1.54, 1.807) is 7.11 Å². The van der Waals surface area contributed by atoms with Crippen LogP contribution < -0.4 is 0 Å². The van der Waals surface area contributed by atoms with Gasteiger partial charge >= 0.3 is 0 Å². The lowest BCUT2D eigenvalue weighted by molar-refractivity contribution is -0.184. The summed E-state index contributed by atoms with van der Waals surface area (Å²) >= 11 is 0. The molecule has 110 valence electrons. The van der Waals surface area contributed by atoms with Gasteiger partial charge in [0.2, 0.25) is 0 Å². The summed E-state index contributed by atoms with van der Waals surface area (Å²) in [5, 5.41) is 0. The number of hydrogen-bond donors (Lipinski definition) is 0. The molecular formula is C17H30O2. The minimum atomic E-state index is -0.548. The highest BCUT2D eigenvalue weighted by Crippen LogP contribution is 2.51. The quantitative estimate of drug-likeness (QED) is 0.758. The summed E-state index contributed by atoms with van der Waals surface area (Å²) < 4.78 is 5.97. The number of Topliss-reactive ketones (excluding diaryl/α,β-unsaturated/α-hetero) is 1.